The molecule has 0 aromatic heterocycles. The van der Waals surface area contributed by atoms with Gasteiger partial charge in [0.2, 0.25) is 0 Å². The van der Waals surface area contributed by atoms with Crippen LogP contribution in [0.15, 0.2) is 24.3 Å². The highest BCUT2D eigenvalue weighted by molar-refractivity contribution is 5.74. The summed E-state index contributed by atoms with van der Waals surface area (Å²) in [5.41, 5.74) is 2.14. The Morgan fingerprint density at radius 2 is 1.88 bits per heavy atom. The van der Waals surface area contributed by atoms with Gasteiger partial charge in [-0.15, -0.1) is 0 Å². The number of carbonyl (C=O) groups excluding carboxylic acids is 1. The van der Waals surface area contributed by atoms with Crippen molar-refractivity contribution in [2.75, 3.05) is 0 Å². The number of carbonyl (C=O) groups is 1. The standard InChI is InChI=1S/C15H20O/c16-12-15-9-5-8-14(11-15)10-13-6-3-1-2-4-7-13/h5,8-9,11-13H,1-4,6-7,10H2. The molecule has 1 aliphatic carbocycles. The van der Waals surface area contributed by atoms with Crippen molar-refractivity contribution in [1.29, 1.82) is 0 Å². The first-order valence-electron chi connectivity index (χ1n) is 6.42. The molecule has 1 saturated carbocycles. The average molecular weight is 216 g/mol. The lowest BCUT2D eigenvalue weighted by molar-refractivity contribution is 0.112. The smallest absolute Gasteiger partial charge is 0.150 e. The minimum Gasteiger partial charge on any atom is -0.298 e. The third kappa shape index (κ3) is 3.19. The molecule has 0 heterocycles. The first-order chi connectivity index (χ1) is 7.88. The number of benzene rings is 1. The lowest BCUT2D eigenvalue weighted by Crippen LogP contribution is -2.03. The molecule has 0 amide bonds. The van der Waals surface area contributed by atoms with E-state index in [-0.39, 0.29) is 0 Å². The van der Waals surface area contributed by atoms with E-state index >= 15 is 0 Å². The maximum atomic E-state index is 10.7. The molecule has 0 N–H and O–H groups in total. The van der Waals surface area contributed by atoms with Crippen LogP contribution >= 0.6 is 0 Å². The highest BCUT2D eigenvalue weighted by Gasteiger charge is 2.12. The van der Waals surface area contributed by atoms with Crippen LogP contribution in [0.4, 0.5) is 0 Å². The van der Waals surface area contributed by atoms with Crippen LogP contribution in [-0.2, 0) is 6.42 Å². The first kappa shape index (κ1) is 11.4. The van der Waals surface area contributed by atoms with E-state index in [1.165, 1.54) is 44.1 Å². The molecule has 16 heavy (non-hydrogen) atoms. The Labute approximate surface area is 97.9 Å². The summed E-state index contributed by atoms with van der Waals surface area (Å²) in [6.45, 7) is 0. The molecule has 1 aromatic rings. The Hall–Kier alpha value is -1.11. The first-order valence-corrected chi connectivity index (χ1v) is 6.42. The van der Waals surface area contributed by atoms with Crippen LogP contribution in [0.1, 0.15) is 54.4 Å². The fraction of sp³-hybridized carbons (Fsp3) is 0.533. The van der Waals surface area contributed by atoms with E-state index in [1.807, 2.05) is 18.2 Å². The molecule has 0 atom stereocenters. The van der Waals surface area contributed by atoms with E-state index in [9.17, 15) is 4.79 Å². The largest absolute Gasteiger partial charge is 0.298 e. The van der Waals surface area contributed by atoms with E-state index in [0.717, 1.165) is 24.2 Å². The van der Waals surface area contributed by atoms with Gasteiger partial charge in [0, 0.05) is 5.56 Å². The summed E-state index contributed by atoms with van der Waals surface area (Å²) in [6.07, 6.45) is 10.4. The molecule has 1 aromatic carbocycles. The summed E-state index contributed by atoms with van der Waals surface area (Å²) in [5, 5.41) is 0. The maximum Gasteiger partial charge on any atom is 0.150 e. The number of aldehydes is 1. The lowest BCUT2D eigenvalue weighted by atomic mass is 9.92. The van der Waals surface area contributed by atoms with Gasteiger partial charge in [0.1, 0.15) is 6.29 Å². The van der Waals surface area contributed by atoms with Crippen molar-refractivity contribution < 1.29 is 4.79 Å². The SMILES string of the molecule is O=Cc1cccc(CC2CCCCCC2)c1. The van der Waals surface area contributed by atoms with Gasteiger partial charge in [-0.25, -0.2) is 0 Å². The van der Waals surface area contributed by atoms with Crippen LogP contribution in [0.25, 0.3) is 0 Å². The predicted octanol–water partition coefficient (Wildman–Crippen LogP) is 4.01. The predicted molar refractivity (Wildman–Crippen MR) is 66.7 cm³/mol. The second-order valence-corrected chi connectivity index (χ2v) is 4.92. The maximum absolute atomic E-state index is 10.7. The second-order valence-electron chi connectivity index (χ2n) is 4.92. The second kappa shape index (κ2) is 5.83. The molecule has 1 nitrogen and oxygen atoms in total. The Kier molecular flexibility index (Phi) is 4.15. The van der Waals surface area contributed by atoms with Crippen molar-refractivity contribution in [2.45, 2.75) is 44.9 Å². The Morgan fingerprint density at radius 1 is 1.12 bits per heavy atom. The molecule has 0 bridgehead atoms. The molecule has 0 spiro atoms. The van der Waals surface area contributed by atoms with Crippen molar-refractivity contribution in [2.24, 2.45) is 5.92 Å². The van der Waals surface area contributed by atoms with Gasteiger partial charge in [0.05, 0.1) is 0 Å². The third-order valence-electron chi connectivity index (χ3n) is 3.59. The van der Waals surface area contributed by atoms with Crippen LogP contribution in [0.2, 0.25) is 0 Å². The van der Waals surface area contributed by atoms with Crippen LogP contribution < -0.4 is 0 Å². The number of rotatable bonds is 3. The molecule has 2 rings (SSSR count). The van der Waals surface area contributed by atoms with Crippen molar-refractivity contribution in [3.8, 4) is 0 Å². The zero-order chi connectivity index (χ0) is 11.2. The van der Waals surface area contributed by atoms with E-state index in [0.29, 0.717) is 0 Å². The molecule has 0 unspecified atom stereocenters. The molecule has 1 aliphatic rings. The Morgan fingerprint density at radius 3 is 2.56 bits per heavy atom. The van der Waals surface area contributed by atoms with Gasteiger partial charge >= 0.3 is 0 Å². The van der Waals surface area contributed by atoms with Gasteiger partial charge in [-0.2, -0.15) is 0 Å². The van der Waals surface area contributed by atoms with E-state index < -0.39 is 0 Å². The fourth-order valence-corrected chi connectivity index (χ4v) is 2.69. The molecule has 1 fully saturated rings. The van der Waals surface area contributed by atoms with Crippen LogP contribution in [0.5, 0.6) is 0 Å². The van der Waals surface area contributed by atoms with E-state index in [1.54, 1.807) is 0 Å². The van der Waals surface area contributed by atoms with Crippen LogP contribution in [0, 0.1) is 5.92 Å². The van der Waals surface area contributed by atoms with E-state index in [2.05, 4.69) is 6.07 Å². The molecule has 0 saturated heterocycles. The minimum atomic E-state index is 0.811. The number of hydrogen-bond acceptors (Lipinski definition) is 1. The van der Waals surface area contributed by atoms with Crippen molar-refractivity contribution in [1.82, 2.24) is 0 Å². The highest BCUT2D eigenvalue weighted by atomic mass is 16.1. The van der Waals surface area contributed by atoms with E-state index in [4.69, 9.17) is 0 Å². The summed E-state index contributed by atoms with van der Waals surface area (Å²) in [5.74, 6) is 0.837. The Bertz CT molecular complexity index is 335. The molecule has 0 aliphatic heterocycles. The Balaban J connectivity index is 1.98. The van der Waals surface area contributed by atoms with Crippen LogP contribution in [-0.4, -0.2) is 6.29 Å². The fourth-order valence-electron chi connectivity index (χ4n) is 2.69. The summed E-state index contributed by atoms with van der Waals surface area (Å²) >= 11 is 0. The monoisotopic (exact) mass is 216 g/mol. The normalized spacial score (nSPS) is 18.0. The number of hydrogen-bond donors (Lipinski definition) is 0. The summed E-state index contributed by atoms with van der Waals surface area (Å²) in [6, 6.07) is 8.06. The quantitative estimate of drug-likeness (QED) is 0.551. The topological polar surface area (TPSA) is 17.1 Å². The average Bonchev–Trinajstić information content (AvgIpc) is 2.58. The van der Waals surface area contributed by atoms with Crippen molar-refractivity contribution in [3.63, 3.8) is 0 Å². The van der Waals surface area contributed by atoms with Gasteiger partial charge < -0.3 is 0 Å². The summed E-state index contributed by atoms with van der Waals surface area (Å²) < 4.78 is 0. The van der Waals surface area contributed by atoms with Gasteiger partial charge in [0.15, 0.2) is 0 Å². The molecule has 1 heteroatoms. The lowest BCUT2D eigenvalue weighted by Gasteiger charge is -2.13. The van der Waals surface area contributed by atoms with Gasteiger partial charge in [0.25, 0.3) is 0 Å². The van der Waals surface area contributed by atoms with Crippen molar-refractivity contribution >= 4 is 6.29 Å². The van der Waals surface area contributed by atoms with Crippen LogP contribution in [0.3, 0.4) is 0 Å². The minimum absolute atomic E-state index is 0.811. The highest BCUT2D eigenvalue weighted by Crippen LogP contribution is 2.26. The molecular formula is C15H20O. The molecule has 0 radical (unpaired) electrons. The molecular weight excluding hydrogens is 196 g/mol. The van der Waals surface area contributed by atoms with Gasteiger partial charge in [-0.05, 0) is 24.0 Å². The third-order valence-corrected chi connectivity index (χ3v) is 3.59. The molecule has 86 valence electrons. The summed E-state index contributed by atoms with van der Waals surface area (Å²) in [7, 11) is 0. The zero-order valence-electron chi connectivity index (χ0n) is 9.82. The van der Waals surface area contributed by atoms with Gasteiger partial charge in [-0.3, -0.25) is 4.79 Å². The summed E-state index contributed by atoms with van der Waals surface area (Å²) in [4.78, 5) is 10.7. The van der Waals surface area contributed by atoms with Crippen molar-refractivity contribution in [3.05, 3.63) is 35.4 Å². The van der Waals surface area contributed by atoms with Gasteiger partial charge in [-0.1, -0.05) is 56.7 Å². The zero-order valence-corrected chi connectivity index (χ0v) is 9.82.